The predicted octanol–water partition coefficient (Wildman–Crippen LogP) is 3.51. The molecule has 2 aliphatic heterocycles. The predicted molar refractivity (Wildman–Crippen MR) is 169 cm³/mol. The van der Waals surface area contributed by atoms with E-state index in [0.717, 1.165) is 11.1 Å². The Morgan fingerprint density at radius 1 is 1.30 bits per heavy atom. The van der Waals surface area contributed by atoms with Crippen molar-refractivity contribution in [2.75, 3.05) is 46.4 Å². The zero-order valence-corrected chi connectivity index (χ0v) is 26.9. The van der Waals surface area contributed by atoms with Crippen molar-refractivity contribution < 1.29 is 24.2 Å². The van der Waals surface area contributed by atoms with E-state index in [-0.39, 0.29) is 25.2 Å². The van der Waals surface area contributed by atoms with Crippen LogP contribution < -0.4 is 5.32 Å². The number of carboxylic acids is 1. The fourth-order valence-corrected chi connectivity index (χ4v) is 6.10. The molecule has 44 heavy (non-hydrogen) atoms. The summed E-state index contributed by atoms with van der Waals surface area (Å²) in [5.41, 5.74) is 2.34. The first kappa shape index (κ1) is 32.7. The molecular formula is C32H40N6O5S. The molecule has 11 nitrogen and oxygen atoms in total. The van der Waals surface area contributed by atoms with Crippen molar-refractivity contribution in [1.82, 2.24) is 25.0 Å². The Bertz CT molecular complexity index is 1510. The molecule has 2 amide bonds. The van der Waals surface area contributed by atoms with Gasteiger partial charge in [-0.1, -0.05) is 18.1 Å². The minimum Gasteiger partial charge on any atom is -0.481 e. The summed E-state index contributed by atoms with van der Waals surface area (Å²) >= 11 is 1.44. The van der Waals surface area contributed by atoms with Gasteiger partial charge in [0, 0.05) is 68.7 Å². The number of thiazole rings is 1. The van der Waals surface area contributed by atoms with E-state index in [0.29, 0.717) is 53.9 Å². The third-order valence-electron chi connectivity index (χ3n) is 7.79. The van der Waals surface area contributed by atoms with Crippen LogP contribution in [-0.4, -0.2) is 101 Å². The van der Waals surface area contributed by atoms with E-state index in [1.54, 1.807) is 38.9 Å². The number of aliphatic carboxylic acids is 1. The minimum atomic E-state index is -1.07. The number of ether oxygens (including phenoxy) is 1. The number of amides is 2. The molecule has 0 saturated carbocycles. The summed E-state index contributed by atoms with van der Waals surface area (Å²) in [4.78, 5) is 53.3. The highest BCUT2D eigenvalue weighted by Gasteiger charge is 2.37. The summed E-state index contributed by atoms with van der Waals surface area (Å²) < 4.78 is 5.54. The second-order valence-electron chi connectivity index (χ2n) is 11.8. The molecule has 4 rings (SSSR count). The second kappa shape index (κ2) is 13.6. The molecule has 1 aromatic carbocycles. The highest BCUT2D eigenvalue weighted by atomic mass is 32.1. The molecule has 0 aliphatic carbocycles. The molecule has 0 unspecified atom stereocenters. The minimum absolute atomic E-state index is 0.0900. The topological polar surface area (TPSA) is 128 Å². The van der Waals surface area contributed by atoms with Crippen molar-refractivity contribution >= 4 is 35.1 Å². The van der Waals surface area contributed by atoms with E-state index in [4.69, 9.17) is 16.2 Å². The van der Waals surface area contributed by atoms with Gasteiger partial charge in [0.05, 0.1) is 17.6 Å². The number of carboxylic acid groups (broad SMARTS) is 1. The number of terminal acetylenes is 1. The molecule has 2 atom stereocenters. The monoisotopic (exact) mass is 620 g/mol. The van der Waals surface area contributed by atoms with Crippen molar-refractivity contribution in [3.63, 3.8) is 0 Å². The van der Waals surface area contributed by atoms with E-state index in [1.165, 1.54) is 16.2 Å². The number of carbonyl (C=O) groups is 3. The Morgan fingerprint density at radius 3 is 2.66 bits per heavy atom. The Morgan fingerprint density at radius 2 is 2.05 bits per heavy atom. The number of rotatable bonds is 9. The highest BCUT2D eigenvalue weighted by Crippen LogP contribution is 2.35. The van der Waals surface area contributed by atoms with Crippen LogP contribution in [0.15, 0.2) is 46.0 Å². The maximum atomic E-state index is 13.6. The van der Waals surface area contributed by atoms with Gasteiger partial charge in [0.1, 0.15) is 6.04 Å². The lowest BCUT2D eigenvalue weighted by atomic mass is 9.91. The standard InChI is InChI=1S/C32H40N6O5S/c1-8-22-16-20(3)10-11-23(22)26-25(29(39)43-9-2)24(34-27(35-26)28-33-12-15-44-28)18-37-13-14-38(21(4)17-37)31(42)36(7)19-32(5,6)30(40)41/h1,10-12,15-16,21,26H,9,13-14,17-19H2,2-7H3,(H,34,35)(H,40,41)/t21-,26+/m1/s1. The van der Waals surface area contributed by atoms with Gasteiger partial charge < -0.3 is 25.0 Å². The molecule has 0 spiro atoms. The Labute approximate surface area is 262 Å². The number of nitrogens with zero attached hydrogens (tertiary/aromatic N) is 5. The van der Waals surface area contributed by atoms with Crippen LogP contribution in [0.4, 0.5) is 4.79 Å². The smallest absolute Gasteiger partial charge is 0.338 e. The van der Waals surface area contributed by atoms with Crippen LogP contribution in [0.3, 0.4) is 0 Å². The molecule has 1 fully saturated rings. The zero-order valence-electron chi connectivity index (χ0n) is 26.1. The average Bonchev–Trinajstić information content (AvgIpc) is 3.51. The number of aromatic nitrogens is 1. The van der Waals surface area contributed by atoms with Crippen LogP contribution in [0.1, 0.15) is 55.4 Å². The van der Waals surface area contributed by atoms with Gasteiger partial charge in [0.15, 0.2) is 10.8 Å². The van der Waals surface area contributed by atoms with Crippen LogP contribution in [0.5, 0.6) is 0 Å². The lowest BCUT2D eigenvalue weighted by Crippen LogP contribution is -2.58. The number of benzene rings is 1. The second-order valence-corrected chi connectivity index (χ2v) is 12.7. The summed E-state index contributed by atoms with van der Waals surface area (Å²) in [5, 5.41) is 15.4. The van der Waals surface area contributed by atoms with Gasteiger partial charge in [-0.05, 0) is 51.8 Å². The van der Waals surface area contributed by atoms with Crippen molar-refractivity contribution in [3.8, 4) is 12.3 Å². The summed E-state index contributed by atoms with van der Waals surface area (Å²) in [6, 6.07) is 4.69. The molecule has 234 valence electrons. The maximum Gasteiger partial charge on any atom is 0.338 e. The maximum absolute atomic E-state index is 13.6. The van der Waals surface area contributed by atoms with Crippen molar-refractivity contribution in [2.45, 2.75) is 46.7 Å². The van der Waals surface area contributed by atoms with E-state index >= 15 is 0 Å². The first-order valence-electron chi connectivity index (χ1n) is 14.6. The number of esters is 1. The van der Waals surface area contributed by atoms with E-state index in [1.807, 2.05) is 37.4 Å². The molecule has 3 heterocycles. The third-order valence-corrected chi connectivity index (χ3v) is 8.57. The largest absolute Gasteiger partial charge is 0.481 e. The van der Waals surface area contributed by atoms with Crippen molar-refractivity contribution in [2.24, 2.45) is 10.4 Å². The molecule has 2 N–H and O–H groups in total. The van der Waals surface area contributed by atoms with E-state index < -0.39 is 23.4 Å². The lowest BCUT2D eigenvalue weighted by Gasteiger charge is -2.42. The quantitative estimate of drug-likeness (QED) is 0.322. The number of carbonyl (C=O) groups excluding carboxylic acids is 2. The van der Waals surface area contributed by atoms with Crippen molar-refractivity contribution in [3.05, 3.63) is 62.7 Å². The average molecular weight is 621 g/mol. The van der Waals surface area contributed by atoms with Gasteiger partial charge in [-0.3, -0.25) is 14.7 Å². The van der Waals surface area contributed by atoms with Crippen molar-refractivity contribution in [1.29, 1.82) is 0 Å². The molecule has 2 aromatic rings. The van der Waals surface area contributed by atoms with Gasteiger partial charge in [-0.2, -0.15) is 0 Å². The molecule has 1 saturated heterocycles. The van der Waals surface area contributed by atoms with Crippen LogP contribution in [-0.2, 0) is 14.3 Å². The fourth-order valence-electron chi connectivity index (χ4n) is 5.51. The number of piperazine rings is 1. The fraction of sp³-hybridized carbons (Fsp3) is 0.469. The zero-order chi connectivity index (χ0) is 32.2. The molecular weight excluding hydrogens is 580 g/mol. The van der Waals surface area contributed by atoms with Gasteiger partial charge in [0.25, 0.3) is 0 Å². The van der Waals surface area contributed by atoms with Crippen LogP contribution in [0.25, 0.3) is 0 Å². The SMILES string of the molecule is C#Cc1cc(C)ccc1[C@@H]1N=C(c2nccs2)NC(CN2CCN(C(=O)N(C)CC(C)(C)C(=O)O)[C@H](C)C2)=C1C(=O)OCC. The summed E-state index contributed by atoms with van der Waals surface area (Å²) in [6.45, 7) is 11.1. The number of aryl methyl sites for hydroxylation is 1. The number of nitrogens with one attached hydrogen (secondary N) is 1. The summed E-state index contributed by atoms with van der Waals surface area (Å²) in [5.74, 6) is 1.87. The molecule has 2 aliphatic rings. The van der Waals surface area contributed by atoms with Gasteiger partial charge >= 0.3 is 18.0 Å². The first-order chi connectivity index (χ1) is 20.9. The number of hydrogen-bond acceptors (Lipinski definition) is 9. The molecule has 0 bridgehead atoms. The Hall–Kier alpha value is -4.21. The molecule has 1 aromatic heterocycles. The number of urea groups is 1. The molecule has 12 heteroatoms. The summed E-state index contributed by atoms with van der Waals surface area (Å²) in [6.07, 6.45) is 7.62. The van der Waals surface area contributed by atoms with Gasteiger partial charge in [-0.25, -0.2) is 14.6 Å². The number of aliphatic imine (C=N–C) groups is 1. The van der Waals surface area contributed by atoms with E-state index in [2.05, 4.69) is 21.1 Å². The van der Waals surface area contributed by atoms with Gasteiger partial charge in [0.2, 0.25) is 0 Å². The van der Waals surface area contributed by atoms with E-state index in [9.17, 15) is 19.5 Å². The van der Waals surface area contributed by atoms with Crippen LogP contribution >= 0.6 is 11.3 Å². The summed E-state index contributed by atoms with van der Waals surface area (Å²) in [7, 11) is 1.63. The molecule has 0 radical (unpaired) electrons. The number of hydrogen-bond donors (Lipinski definition) is 2. The highest BCUT2D eigenvalue weighted by molar-refractivity contribution is 7.11. The van der Waals surface area contributed by atoms with Crippen LogP contribution in [0, 0.1) is 24.7 Å². The number of amidine groups is 1. The van der Waals surface area contributed by atoms with Gasteiger partial charge in [-0.15, -0.1) is 17.8 Å². The lowest BCUT2D eigenvalue weighted by molar-refractivity contribution is -0.147. The first-order valence-corrected chi connectivity index (χ1v) is 15.4. The van der Waals surface area contributed by atoms with Crippen LogP contribution in [0.2, 0.25) is 0 Å². The Balaban J connectivity index is 1.64. The third kappa shape index (κ3) is 7.11. The Kier molecular flexibility index (Phi) is 10.1. The normalized spacial score (nSPS) is 19.1.